The molecule has 0 radical (unpaired) electrons. The van der Waals surface area contributed by atoms with Gasteiger partial charge in [0.05, 0.1) is 5.52 Å². The highest BCUT2D eigenvalue weighted by atomic mass is 19.1. The maximum absolute atomic E-state index is 13.6. The van der Waals surface area contributed by atoms with Crippen LogP contribution < -0.4 is 5.73 Å². The number of nitrogen functional groups attached to an aromatic ring is 1. The van der Waals surface area contributed by atoms with Crippen LogP contribution >= 0.6 is 0 Å². The zero-order valence-electron chi connectivity index (χ0n) is 14.3. The molecule has 4 aromatic rings. The number of aryl methyl sites for hydroxylation is 1. The van der Waals surface area contributed by atoms with Gasteiger partial charge in [-0.1, -0.05) is 18.2 Å². The Bertz CT molecular complexity index is 1120. The van der Waals surface area contributed by atoms with Crippen molar-refractivity contribution in [1.29, 1.82) is 0 Å². The van der Waals surface area contributed by atoms with Gasteiger partial charge in [-0.2, -0.15) is 5.10 Å². The minimum Gasteiger partial charge on any atom is -0.508 e. The van der Waals surface area contributed by atoms with Crippen LogP contribution in [0.25, 0.3) is 22.0 Å². The molecule has 0 aliphatic carbocycles. The summed E-state index contributed by atoms with van der Waals surface area (Å²) in [7, 11) is 0. The monoisotopic (exact) mass is 347 g/mol. The summed E-state index contributed by atoms with van der Waals surface area (Å²) in [6.07, 6.45) is 0.544. The highest BCUT2D eigenvalue weighted by Gasteiger charge is 2.14. The van der Waals surface area contributed by atoms with Gasteiger partial charge in [-0.3, -0.25) is 5.10 Å². The number of hydrogen-bond acceptors (Lipinski definition) is 3. The van der Waals surface area contributed by atoms with Crippen molar-refractivity contribution in [2.45, 2.75) is 13.3 Å². The lowest BCUT2D eigenvalue weighted by molar-refractivity contribution is 0.475. The van der Waals surface area contributed by atoms with Crippen molar-refractivity contribution < 1.29 is 9.50 Å². The molecule has 130 valence electrons. The average molecular weight is 347 g/mol. The highest BCUT2D eigenvalue weighted by Crippen LogP contribution is 2.35. The van der Waals surface area contributed by atoms with Gasteiger partial charge in [0, 0.05) is 5.39 Å². The first-order valence-corrected chi connectivity index (χ1v) is 8.32. The first-order valence-electron chi connectivity index (χ1n) is 8.32. The molecule has 0 aliphatic heterocycles. The number of hydrogen-bond donors (Lipinski definition) is 3. The molecule has 0 amide bonds. The Morgan fingerprint density at radius 3 is 2.73 bits per heavy atom. The molecule has 0 spiro atoms. The van der Waals surface area contributed by atoms with Gasteiger partial charge in [0.15, 0.2) is 5.82 Å². The van der Waals surface area contributed by atoms with E-state index in [0.717, 1.165) is 38.7 Å². The van der Waals surface area contributed by atoms with Gasteiger partial charge in [-0.05, 0) is 77.6 Å². The molecule has 1 aromatic heterocycles. The molecule has 0 bridgehead atoms. The molecule has 0 saturated heterocycles. The number of anilines is 1. The summed E-state index contributed by atoms with van der Waals surface area (Å²) in [4.78, 5) is 0. The summed E-state index contributed by atoms with van der Waals surface area (Å²) < 4.78 is 13.6. The summed E-state index contributed by atoms with van der Waals surface area (Å²) in [5.41, 5.74) is 11.6. The van der Waals surface area contributed by atoms with Crippen LogP contribution in [-0.2, 0) is 6.42 Å². The van der Waals surface area contributed by atoms with E-state index in [0.29, 0.717) is 12.2 Å². The van der Waals surface area contributed by atoms with E-state index >= 15 is 0 Å². The fourth-order valence-electron chi connectivity index (χ4n) is 3.29. The zero-order valence-corrected chi connectivity index (χ0v) is 14.3. The number of nitrogens with two attached hydrogens (primary N) is 1. The summed E-state index contributed by atoms with van der Waals surface area (Å²) in [5.74, 6) is 0.368. The number of phenolic OH excluding ortho intramolecular Hbond substituents is 1. The second-order valence-electron chi connectivity index (χ2n) is 6.47. The quantitative estimate of drug-likeness (QED) is 0.509. The van der Waals surface area contributed by atoms with E-state index in [2.05, 4.69) is 10.2 Å². The molecule has 1 heterocycles. The molecule has 5 heteroatoms. The van der Waals surface area contributed by atoms with Crippen molar-refractivity contribution in [3.8, 4) is 16.9 Å². The molecule has 3 aromatic carbocycles. The number of aromatic nitrogens is 2. The Morgan fingerprint density at radius 1 is 1.08 bits per heavy atom. The number of aromatic hydroxyl groups is 1. The highest BCUT2D eigenvalue weighted by molar-refractivity contribution is 5.93. The summed E-state index contributed by atoms with van der Waals surface area (Å²) in [6, 6.07) is 15.8. The number of phenols is 1. The second-order valence-corrected chi connectivity index (χ2v) is 6.47. The maximum atomic E-state index is 13.6. The fraction of sp³-hybridized carbons (Fsp3) is 0.0952. The Morgan fingerprint density at radius 2 is 1.92 bits per heavy atom. The SMILES string of the molecule is Cc1ccc(O)cc1-c1cc2[nH]nc(N)c2cc1Cc1cccc(F)c1. The van der Waals surface area contributed by atoms with Crippen LogP contribution in [-0.4, -0.2) is 15.3 Å². The Labute approximate surface area is 150 Å². The zero-order chi connectivity index (χ0) is 18.3. The molecule has 4 N–H and O–H groups in total. The van der Waals surface area contributed by atoms with Gasteiger partial charge in [-0.25, -0.2) is 4.39 Å². The number of benzene rings is 3. The third-order valence-electron chi connectivity index (χ3n) is 4.61. The number of nitrogens with one attached hydrogen (secondary N) is 1. The van der Waals surface area contributed by atoms with E-state index in [-0.39, 0.29) is 11.6 Å². The molecule has 4 nitrogen and oxygen atoms in total. The van der Waals surface area contributed by atoms with Crippen molar-refractivity contribution in [2.75, 3.05) is 5.73 Å². The van der Waals surface area contributed by atoms with Crippen molar-refractivity contribution >= 4 is 16.7 Å². The summed E-state index contributed by atoms with van der Waals surface area (Å²) in [5, 5.41) is 17.8. The number of aromatic amines is 1. The smallest absolute Gasteiger partial charge is 0.153 e. The Kier molecular flexibility index (Phi) is 3.84. The average Bonchev–Trinajstić information content (AvgIpc) is 2.97. The van der Waals surface area contributed by atoms with Crippen LogP contribution in [0, 0.1) is 12.7 Å². The second kappa shape index (κ2) is 6.19. The van der Waals surface area contributed by atoms with Crippen molar-refractivity contribution in [1.82, 2.24) is 10.2 Å². The van der Waals surface area contributed by atoms with Gasteiger partial charge >= 0.3 is 0 Å². The van der Waals surface area contributed by atoms with Gasteiger partial charge in [0.25, 0.3) is 0 Å². The molecular weight excluding hydrogens is 329 g/mol. The van der Waals surface area contributed by atoms with E-state index < -0.39 is 0 Å². The van der Waals surface area contributed by atoms with E-state index in [9.17, 15) is 9.50 Å². The minimum absolute atomic E-state index is 0.200. The van der Waals surface area contributed by atoms with Crippen LogP contribution in [0.2, 0.25) is 0 Å². The number of halogens is 1. The molecular formula is C21H18FN3O. The maximum Gasteiger partial charge on any atom is 0.153 e. The first-order chi connectivity index (χ1) is 12.5. The van der Waals surface area contributed by atoms with Crippen molar-refractivity contribution in [2.24, 2.45) is 0 Å². The van der Waals surface area contributed by atoms with Gasteiger partial charge in [0.2, 0.25) is 0 Å². The van der Waals surface area contributed by atoms with E-state index in [1.807, 2.05) is 31.2 Å². The Hall–Kier alpha value is -3.34. The van der Waals surface area contributed by atoms with E-state index in [1.165, 1.54) is 12.1 Å². The Balaban J connectivity index is 1.93. The van der Waals surface area contributed by atoms with Gasteiger partial charge in [-0.15, -0.1) is 0 Å². The van der Waals surface area contributed by atoms with Crippen LogP contribution in [0.5, 0.6) is 5.75 Å². The van der Waals surface area contributed by atoms with E-state index in [4.69, 9.17) is 5.73 Å². The topological polar surface area (TPSA) is 74.9 Å². The van der Waals surface area contributed by atoms with E-state index in [1.54, 1.807) is 18.2 Å². The lowest BCUT2D eigenvalue weighted by Crippen LogP contribution is -1.95. The van der Waals surface area contributed by atoms with Crippen LogP contribution in [0.15, 0.2) is 54.6 Å². The molecule has 0 aliphatic rings. The molecule has 4 rings (SSSR count). The summed E-state index contributed by atoms with van der Waals surface area (Å²) in [6.45, 7) is 1.99. The number of H-pyrrole nitrogens is 1. The minimum atomic E-state index is -0.263. The molecule has 0 fully saturated rings. The third kappa shape index (κ3) is 2.88. The lowest BCUT2D eigenvalue weighted by atomic mass is 9.91. The first kappa shape index (κ1) is 16.1. The molecule has 26 heavy (non-hydrogen) atoms. The third-order valence-corrected chi connectivity index (χ3v) is 4.61. The lowest BCUT2D eigenvalue weighted by Gasteiger charge is -2.14. The van der Waals surface area contributed by atoms with Crippen LogP contribution in [0.1, 0.15) is 16.7 Å². The molecule has 0 atom stereocenters. The fourth-order valence-corrected chi connectivity index (χ4v) is 3.29. The predicted octanol–water partition coefficient (Wildman–Crippen LogP) is 4.56. The molecule has 0 saturated carbocycles. The number of fused-ring (bicyclic) bond motifs is 1. The number of rotatable bonds is 3. The standard InChI is InChI=1S/C21H18FN3O/c1-12-5-6-16(26)10-17(12)18-11-20-19(21(23)25-24-20)9-14(18)7-13-3-2-4-15(22)8-13/h2-6,8-11,26H,7H2,1H3,(H3,23,24,25). The predicted molar refractivity (Wildman–Crippen MR) is 102 cm³/mol. The number of nitrogens with zero attached hydrogens (tertiary/aromatic N) is 1. The van der Waals surface area contributed by atoms with Crippen LogP contribution in [0.4, 0.5) is 10.2 Å². The molecule has 0 unspecified atom stereocenters. The largest absolute Gasteiger partial charge is 0.508 e. The van der Waals surface area contributed by atoms with Crippen LogP contribution in [0.3, 0.4) is 0 Å². The van der Waals surface area contributed by atoms with Gasteiger partial charge < -0.3 is 10.8 Å². The summed E-state index contributed by atoms with van der Waals surface area (Å²) >= 11 is 0. The van der Waals surface area contributed by atoms with Crippen molar-refractivity contribution in [3.05, 3.63) is 77.1 Å². The normalized spacial score (nSPS) is 11.2. The van der Waals surface area contributed by atoms with Crippen molar-refractivity contribution in [3.63, 3.8) is 0 Å². The van der Waals surface area contributed by atoms with Gasteiger partial charge in [0.1, 0.15) is 11.6 Å².